The molecule has 0 saturated carbocycles. The van der Waals surface area contributed by atoms with Crippen LogP contribution in [0.5, 0.6) is 0 Å². The Kier molecular flexibility index (Phi) is 13.0. The number of hydrogen-bond donors (Lipinski definition) is 4. The van der Waals surface area contributed by atoms with Crippen molar-refractivity contribution < 1.29 is 42.3 Å². The second-order valence-corrected chi connectivity index (χ2v) is 14.0. The van der Waals surface area contributed by atoms with Gasteiger partial charge in [-0.25, -0.2) is 0 Å². The number of alkyl halides is 2. The molecule has 0 aromatic heterocycles. The van der Waals surface area contributed by atoms with Crippen LogP contribution in [-0.2, 0) is 26.2 Å². The fourth-order valence-electron chi connectivity index (χ4n) is 4.27. The van der Waals surface area contributed by atoms with E-state index in [0.717, 1.165) is 37.9 Å². The predicted octanol–water partition coefficient (Wildman–Crippen LogP) is 2.85. The second kappa shape index (κ2) is 16.0. The van der Waals surface area contributed by atoms with Crippen LogP contribution in [0.2, 0.25) is 0 Å². The first kappa shape index (κ1) is 37.2. The van der Waals surface area contributed by atoms with E-state index < -0.39 is 48.6 Å². The molecule has 0 radical (unpaired) electrons. The molecule has 246 valence electrons. The monoisotopic (exact) mass is 832 g/mol. The van der Waals surface area contributed by atoms with Crippen molar-refractivity contribution in [3.63, 3.8) is 0 Å². The zero-order valence-electron chi connectivity index (χ0n) is 24.2. The average Bonchev–Trinajstić information content (AvgIpc) is 2.99. The van der Waals surface area contributed by atoms with Gasteiger partial charge in [0.15, 0.2) is 0 Å². The Morgan fingerprint density at radius 2 is 1.61 bits per heavy atom. The zero-order valence-corrected chi connectivity index (χ0v) is 28.9. The second-order valence-electron chi connectivity index (χ2n) is 10.3. The summed E-state index contributed by atoms with van der Waals surface area (Å²) in [5.41, 5.74) is 1.46. The molecular weight excluding hydrogens is 804 g/mol. The van der Waals surface area contributed by atoms with Crippen LogP contribution in [0.3, 0.4) is 0 Å². The zero-order chi connectivity index (χ0) is 34.2. The van der Waals surface area contributed by atoms with E-state index in [1.165, 1.54) is 6.07 Å². The maximum absolute atomic E-state index is 14.0. The summed E-state index contributed by atoms with van der Waals surface area (Å²) < 4.78 is 40.7. The van der Waals surface area contributed by atoms with E-state index in [0.29, 0.717) is 5.56 Å². The molecule has 0 unspecified atom stereocenters. The van der Waals surface area contributed by atoms with Crippen molar-refractivity contribution in [2.45, 2.75) is 43.9 Å². The van der Waals surface area contributed by atoms with Gasteiger partial charge in [-0.3, -0.25) is 19.2 Å². The molecule has 0 saturated heterocycles. The maximum atomic E-state index is 14.0. The van der Waals surface area contributed by atoms with Crippen molar-refractivity contribution in [1.29, 1.82) is 0 Å². The highest BCUT2D eigenvalue weighted by atomic mass is 127. The minimum absolute atomic E-state index is 0.0501. The number of nitrogens with one attached hydrogen (secondary N) is 3. The first-order valence-electron chi connectivity index (χ1n) is 13.7. The van der Waals surface area contributed by atoms with Crippen LogP contribution >= 0.6 is 46.1 Å². The topological polar surface area (TPSA) is 194 Å². The third kappa shape index (κ3) is 10.1. The smallest absolute Gasteiger partial charge is 0.296 e. The molecule has 3 rings (SSSR count). The Hall–Kier alpha value is -3.24. The normalized spacial score (nSPS) is 12.9. The number of hydrogen-bond acceptors (Lipinski definition) is 7. The molecule has 5 N–H and O–H groups in total. The lowest BCUT2D eigenvalue weighted by molar-refractivity contribution is -0.335. The molecule has 16 heteroatoms. The number of aryl methyl sites for hydroxylation is 1. The van der Waals surface area contributed by atoms with Gasteiger partial charge in [0, 0.05) is 45.3 Å². The summed E-state index contributed by atoms with van der Waals surface area (Å²) in [7, 11) is -6.30. The van der Waals surface area contributed by atoms with Crippen LogP contribution < -0.4 is 31.5 Å². The fourth-order valence-corrected chi connectivity index (χ4v) is 5.52. The molecule has 46 heavy (non-hydrogen) atoms. The average molecular weight is 833 g/mol. The van der Waals surface area contributed by atoms with Crippen molar-refractivity contribution in [3.05, 3.63) is 103 Å². The van der Waals surface area contributed by atoms with Crippen LogP contribution in [0.15, 0.2) is 71.2 Å². The van der Waals surface area contributed by atoms with Crippen LogP contribution in [0, 0.1) is 10.5 Å². The number of rotatable bonds is 14. The molecule has 11 nitrogen and oxygen atoms in total. The lowest BCUT2D eigenvalue weighted by Gasteiger charge is -2.37. The van der Waals surface area contributed by atoms with Gasteiger partial charge in [-0.05, 0) is 89.9 Å². The third-order valence-corrected chi connectivity index (χ3v) is 9.34. The Morgan fingerprint density at radius 1 is 0.957 bits per heavy atom. The summed E-state index contributed by atoms with van der Waals surface area (Å²) in [6, 6.07) is 12.8. The van der Waals surface area contributed by atoms with Crippen molar-refractivity contribution in [2.24, 2.45) is 5.73 Å². The highest BCUT2D eigenvalue weighted by Gasteiger charge is 2.36. The van der Waals surface area contributed by atoms with Crippen LogP contribution in [0.4, 0.5) is 8.78 Å². The first-order valence-corrected chi connectivity index (χ1v) is 17.1. The van der Waals surface area contributed by atoms with Gasteiger partial charge in [-0.1, -0.05) is 46.3 Å². The number of amides is 4. The Labute approximate surface area is 285 Å². The SMILES string of the molecule is Cc1cc(C(=O)N[C@@H](Cc2ccc(C(F)(F)P(=O)([O-])[O-])cc2)C(=O)N[C@@H](CCCNC(=O)c2cccc(I)c2)C(N)=O)ccc1Br. The van der Waals surface area contributed by atoms with E-state index in [2.05, 4.69) is 54.5 Å². The standard InChI is InChI=1S/C30H31BrF2IN4O7P/c1-17-14-20(9-12-23(17)31)28(41)38-25(15-18-7-10-21(11-8-18)30(32,33)46(43,44)45)29(42)37-24(26(35)39)6-3-13-36-27(40)19-4-2-5-22(34)16-19/h2,4-5,7-12,14,16,24-25H,3,6,13,15H2,1H3,(H2,35,39)(H,36,40)(H,37,42)(H,38,41)(H2,43,44,45)/p-2/t24-,25-/m0/s1. The summed E-state index contributed by atoms with van der Waals surface area (Å²) in [6.07, 6.45) is 0.0505. The number of benzene rings is 3. The summed E-state index contributed by atoms with van der Waals surface area (Å²) in [5, 5.41) is 7.81. The van der Waals surface area contributed by atoms with Gasteiger partial charge in [-0.2, -0.15) is 8.78 Å². The molecule has 3 aromatic rings. The van der Waals surface area contributed by atoms with Crippen molar-refractivity contribution in [2.75, 3.05) is 6.54 Å². The first-order chi connectivity index (χ1) is 21.5. The molecular formula is C30H29BrF2IN4O7P-2. The van der Waals surface area contributed by atoms with Gasteiger partial charge in [0.1, 0.15) is 12.1 Å². The maximum Gasteiger partial charge on any atom is 0.296 e. The van der Waals surface area contributed by atoms with E-state index in [-0.39, 0.29) is 42.8 Å². The highest BCUT2D eigenvalue weighted by Crippen LogP contribution is 2.53. The van der Waals surface area contributed by atoms with E-state index in [4.69, 9.17) is 5.73 Å². The van der Waals surface area contributed by atoms with Crippen molar-refractivity contribution in [3.8, 4) is 0 Å². The lowest BCUT2D eigenvalue weighted by Crippen LogP contribution is -2.53. The predicted molar refractivity (Wildman–Crippen MR) is 174 cm³/mol. The number of primary amides is 1. The molecule has 0 aliphatic rings. The minimum atomic E-state index is -6.30. The summed E-state index contributed by atoms with van der Waals surface area (Å²) in [6.45, 7) is 1.93. The minimum Gasteiger partial charge on any atom is -0.806 e. The third-order valence-electron chi connectivity index (χ3n) is 6.83. The van der Waals surface area contributed by atoms with Gasteiger partial charge in [0.2, 0.25) is 11.8 Å². The van der Waals surface area contributed by atoms with Gasteiger partial charge in [0.25, 0.3) is 17.5 Å². The molecule has 3 aromatic carbocycles. The Morgan fingerprint density at radius 3 is 2.20 bits per heavy atom. The lowest BCUT2D eigenvalue weighted by atomic mass is 10.0. The number of halogens is 4. The van der Waals surface area contributed by atoms with Crippen molar-refractivity contribution in [1.82, 2.24) is 16.0 Å². The molecule has 4 amide bonds. The van der Waals surface area contributed by atoms with Gasteiger partial charge in [-0.15, -0.1) is 0 Å². The summed E-state index contributed by atoms with van der Waals surface area (Å²) >= 11 is 5.42. The van der Waals surface area contributed by atoms with Crippen LogP contribution in [-0.4, -0.2) is 42.3 Å². The van der Waals surface area contributed by atoms with Gasteiger partial charge in [0.05, 0.1) is 0 Å². The van der Waals surface area contributed by atoms with E-state index in [1.54, 1.807) is 37.3 Å². The molecule has 0 aliphatic heterocycles. The molecule has 0 spiro atoms. The molecule has 0 bridgehead atoms. The van der Waals surface area contributed by atoms with Gasteiger partial charge < -0.3 is 36.0 Å². The largest absolute Gasteiger partial charge is 0.806 e. The number of nitrogens with two attached hydrogens (primary N) is 1. The highest BCUT2D eigenvalue weighted by molar-refractivity contribution is 14.1. The van der Waals surface area contributed by atoms with Crippen LogP contribution in [0.1, 0.15) is 50.2 Å². The quantitative estimate of drug-likeness (QED) is 0.109. The summed E-state index contributed by atoms with van der Waals surface area (Å²) in [4.78, 5) is 73.2. The molecule has 0 fully saturated rings. The molecule has 2 atom stereocenters. The van der Waals surface area contributed by atoms with E-state index in [9.17, 15) is 42.3 Å². The Bertz CT molecular complexity index is 1660. The molecule has 0 aliphatic carbocycles. The number of carbonyl (C=O) groups excluding carboxylic acids is 4. The summed E-state index contributed by atoms with van der Waals surface area (Å²) in [5.74, 6) is -2.64. The fraction of sp³-hybridized carbons (Fsp3) is 0.267. The number of carbonyl (C=O) groups is 4. The van der Waals surface area contributed by atoms with E-state index in [1.807, 2.05) is 6.07 Å². The molecule has 0 heterocycles. The van der Waals surface area contributed by atoms with Crippen molar-refractivity contribution >= 4 is 69.7 Å². The Balaban J connectivity index is 1.74. The van der Waals surface area contributed by atoms with Gasteiger partial charge >= 0.3 is 0 Å². The van der Waals surface area contributed by atoms with E-state index >= 15 is 0 Å². The van der Waals surface area contributed by atoms with Crippen LogP contribution in [0.25, 0.3) is 0 Å².